The van der Waals surface area contributed by atoms with Gasteiger partial charge in [0.1, 0.15) is 5.60 Å². The molecule has 0 aliphatic carbocycles. The van der Waals surface area contributed by atoms with E-state index in [0.717, 1.165) is 66.6 Å². The van der Waals surface area contributed by atoms with Crippen LogP contribution in [0.5, 0.6) is 0 Å². The van der Waals surface area contributed by atoms with E-state index in [1.54, 1.807) is 0 Å². The largest absolute Gasteiger partial charge is 0.458 e. The lowest BCUT2D eigenvalue weighted by molar-refractivity contribution is -0.161. The number of esters is 1. The minimum atomic E-state index is -1.05. The minimum absolute atomic E-state index is 0.273. The molecule has 43 heavy (non-hydrogen) atoms. The Balaban J connectivity index is 1.59. The van der Waals surface area contributed by atoms with Gasteiger partial charge in [-0.05, 0) is 77.8 Å². The summed E-state index contributed by atoms with van der Waals surface area (Å²) in [6.07, 6.45) is 5.94. The Bertz CT molecular complexity index is 1350. The van der Waals surface area contributed by atoms with Gasteiger partial charge in [0, 0.05) is 54.4 Å². The van der Waals surface area contributed by atoms with Crippen LogP contribution in [0.4, 0.5) is 5.69 Å². The Kier molecular flexibility index (Phi) is 11.2. The first kappa shape index (κ1) is 32.5. The van der Waals surface area contributed by atoms with Gasteiger partial charge >= 0.3 is 5.97 Å². The molecule has 1 aliphatic rings. The molecule has 228 valence electrons. The number of nitrogens with zero attached hydrogens (tertiary/aromatic N) is 3. The molecule has 0 aromatic heterocycles. The van der Waals surface area contributed by atoms with Gasteiger partial charge in [0.15, 0.2) is 5.54 Å². The van der Waals surface area contributed by atoms with Crippen LogP contribution in [0.1, 0.15) is 63.6 Å². The number of anilines is 1. The molecule has 1 aliphatic heterocycles. The molecule has 3 aromatic carbocycles. The average molecular weight is 600 g/mol. The number of carbonyl (C=O) groups excluding carboxylic acids is 1. The third-order valence-electron chi connectivity index (χ3n) is 7.83. The molecule has 0 radical (unpaired) electrons. The molecule has 0 spiro atoms. The fraction of sp³-hybridized carbons (Fsp3) is 0.405. The van der Waals surface area contributed by atoms with Gasteiger partial charge in [0.25, 0.3) is 0 Å². The standard InChI is InChI=1S/C37H46ClN3O2/c1-6-7-21-37(35(42)43-36(3,4)5,39-34(30-15-10-8-11-16-30)31-17-12-9-13-18-31)22-14-23-40-24-26-41(27-25-40)32-19-20-33(38)29(2)28-32/h6-13,15-20,28H,14,21-27H2,1-5H3/b7-6+. The molecule has 1 unspecified atom stereocenters. The van der Waals surface area contributed by atoms with Crippen LogP contribution in [-0.2, 0) is 9.53 Å². The summed E-state index contributed by atoms with van der Waals surface area (Å²) in [5.41, 5.74) is 3.43. The summed E-state index contributed by atoms with van der Waals surface area (Å²) in [5.74, 6) is -0.273. The maximum absolute atomic E-state index is 14.1. The van der Waals surface area contributed by atoms with Crippen molar-refractivity contribution in [3.05, 3.63) is 113 Å². The second-order valence-electron chi connectivity index (χ2n) is 12.4. The van der Waals surface area contributed by atoms with Crippen LogP contribution in [0.15, 0.2) is 96.0 Å². The molecule has 1 saturated heterocycles. The quantitative estimate of drug-likeness (QED) is 0.127. The molecule has 0 bridgehead atoms. The van der Waals surface area contributed by atoms with Crippen LogP contribution in [0.2, 0.25) is 5.02 Å². The second kappa shape index (κ2) is 14.9. The number of hydrogen-bond acceptors (Lipinski definition) is 5. The van der Waals surface area contributed by atoms with Crippen molar-refractivity contribution < 1.29 is 9.53 Å². The number of carbonyl (C=O) groups is 1. The molecule has 0 N–H and O–H groups in total. The summed E-state index contributed by atoms with van der Waals surface area (Å²) in [7, 11) is 0. The Morgan fingerprint density at radius 2 is 1.53 bits per heavy atom. The van der Waals surface area contributed by atoms with E-state index in [1.165, 1.54) is 5.69 Å². The van der Waals surface area contributed by atoms with E-state index in [-0.39, 0.29) is 5.97 Å². The Morgan fingerprint density at radius 3 is 2.07 bits per heavy atom. The minimum Gasteiger partial charge on any atom is -0.458 e. The van der Waals surface area contributed by atoms with Crippen molar-refractivity contribution in [3.63, 3.8) is 0 Å². The van der Waals surface area contributed by atoms with Gasteiger partial charge < -0.3 is 9.64 Å². The lowest BCUT2D eigenvalue weighted by atomic mass is 9.88. The third kappa shape index (κ3) is 9.04. The van der Waals surface area contributed by atoms with Crippen molar-refractivity contribution >= 4 is 29.0 Å². The molecular weight excluding hydrogens is 554 g/mol. The van der Waals surface area contributed by atoms with Gasteiger partial charge in [-0.25, -0.2) is 4.79 Å². The second-order valence-corrected chi connectivity index (χ2v) is 12.8. The molecular formula is C37H46ClN3O2. The maximum Gasteiger partial charge on any atom is 0.334 e. The van der Waals surface area contributed by atoms with Crippen molar-refractivity contribution in [1.82, 2.24) is 4.90 Å². The molecule has 1 heterocycles. The van der Waals surface area contributed by atoms with E-state index in [4.69, 9.17) is 21.3 Å². The van der Waals surface area contributed by atoms with E-state index >= 15 is 0 Å². The zero-order valence-corrected chi connectivity index (χ0v) is 27.1. The molecule has 1 atom stereocenters. The van der Waals surface area contributed by atoms with Crippen LogP contribution in [0, 0.1) is 6.92 Å². The molecule has 6 heteroatoms. The normalized spacial score (nSPS) is 15.7. The zero-order valence-electron chi connectivity index (χ0n) is 26.4. The third-order valence-corrected chi connectivity index (χ3v) is 8.26. The number of halogens is 1. The summed E-state index contributed by atoms with van der Waals surface area (Å²) in [5, 5.41) is 0.805. The van der Waals surface area contributed by atoms with E-state index in [0.29, 0.717) is 12.8 Å². The Labute approximate surface area is 263 Å². The fourth-order valence-electron chi connectivity index (χ4n) is 5.47. The predicted molar refractivity (Wildman–Crippen MR) is 181 cm³/mol. The molecule has 1 fully saturated rings. The first-order valence-electron chi connectivity index (χ1n) is 15.4. The number of ether oxygens (including phenoxy) is 1. The van der Waals surface area contributed by atoms with Crippen molar-refractivity contribution in [2.24, 2.45) is 4.99 Å². The first-order chi connectivity index (χ1) is 20.6. The number of rotatable bonds is 11. The monoisotopic (exact) mass is 599 g/mol. The van der Waals surface area contributed by atoms with E-state index in [9.17, 15) is 4.79 Å². The highest BCUT2D eigenvalue weighted by atomic mass is 35.5. The Hall–Kier alpha value is -3.41. The lowest BCUT2D eigenvalue weighted by Crippen LogP contribution is -2.47. The maximum atomic E-state index is 14.1. The van der Waals surface area contributed by atoms with Crippen molar-refractivity contribution in [1.29, 1.82) is 0 Å². The number of allylic oxidation sites excluding steroid dienone is 1. The summed E-state index contributed by atoms with van der Waals surface area (Å²) < 4.78 is 6.09. The fourth-order valence-corrected chi connectivity index (χ4v) is 5.59. The predicted octanol–water partition coefficient (Wildman–Crippen LogP) is 8.13. The molecule has 0 saturated carbocycles. The highest BCUT2D eigenvalue weighted by Gasteiger charge is 2.41. The van der Waals surface area contributed by atoms with Crippen LogP contribution >= 0.6 is 11.6 Å². The number of aryl methyl sites for hydroxylation is 1. The van der Waals surface area contributed by atoms with Crippen LogP contribution in [0.25, 0.3) is 0 Å². The highest BCUT2D eigenvalue weighted by Crippen LogP contribution is 2.31. The van der Waals surface area contributed by atoms with E-state index in [1.807, 2.05) is 82.3 Å². The van der Waals surface area contributed by atoms with Gasteiger partial charge in [-0.1, -0.05) is 84.4 Å². The SMILES string of the molecule is C/C=C/CC(CCCN1CCN(c2ccc(Cl)c(C)c2)CC1)(N=C(c1ccccc1)c1ccccc1)C(=O)OC(C)(C)C. The molecule has 4 rings (SSSR count). The number of hydrogen-bond donors (Lipinski definition) is 0. The highest BCUT2D eigenvalue weighted by molar-refractivity contribution is 6.31. The Morgan fingerprint density at radius 1 is 0.930 bits per heavy atom. The molecule has 0 amide bonds. The van der Waals surface area contributed by atoms with Gasteiger partial charge in [-0.2, -0.15) is 0 Å². The van der Waals surface area contributed by atoms with E-state index < -0.39 is 11.1 Å². The first-order valence-corrected chi connectivity index (χ1v) is 15.8. The van der Waals surface area contributed by atoms with Gasteiger partial charge in [0.2, 0.25) is 0 Å². The zero-order chi connectivity index (χ0) is 30.9. The number of benzene rings is 3. The number of piperazine rings is 1. The van der Waals surface area contributed by atoms with Crippen molar-refractivity contribution in [2.45, 2.75) is 65.0 Å². The molecule has 3 aromatic rings. The topological polar surface area (TPSA) is 45.1 Å². The van der Waals surface area contributed by atoms with Gasteiger partial charge in [-0.15, -0.1) is 0 Å². The summed E-state index contributed by atoms with van der Waals surface area (Å²) in [4.78, 5) is 24.4. The van der Waals surface area contributed by atoms with Crippen molar-refractivity contribution in [2.75, 3.05) is 37.6 Å². The van der Waals surface area contributed by atoms with E-state index in [2.05, 4.69) is 53.1 Å². The van der Waals surface area contributed by atoms with Crippen LogP contribution in [-0.4, -0.2) is 60.4 Å². The lowest BCUT2D eigenvalue weighted by Gasteiger charge is -2.37. The summed E-state index contributed by atoms with van der Waals surface area (Å²) in [6, 6.07) is 26.6. The van der Waals surface area contributed by atoms with Crippen molar-refractivity contribution in [3.8, 4) is 0 Å². The summed E-state index contributed by atoms with van der Waals surface area (Å²) in [6.45, 7) is 14.6. The van der Waals surface area contributed by atoms with Gasteiger partial charge in [0.05, 0.1) is 5.71 Å². The summed E-state index contributed by atoms with van der Waals surface area (Å²) >= 11 is 6.25. The molecule has 5 nitrogen and oxygen atoms in total. The van der Waals surface area contributed by atoms with Gasteiger partial charge in [-0.3, -0.25) is 9.89 Å². The van der Waals surface area contributed by atoms with Crippen LogP contribution < -0.4 is 4.90 Å². The smallest absolute Gasteiger partial charge is 0.334 e. The van der Waals surface area contributed by atoms with Crippen LogP contribution in [0.3, 0.4) is 0 Å². The average Bonchev–Trinajstić information content (AvgIpc) is 3.00. The number of aliphatic imine (C=N–C) groups is 1.